The third kappa shape index (κ3) is 7.61. The van der Waals surface area contributed by atoms with E-state index in [9.17, 15) is 18.0 Å². The molecular weight excluding hydrogens is 762 g/mol. The lowest BCUT2D eigenvalue weighted by atomic mass is 9.77. The fourth-order valence-electron chi connectivity index (χ4n) is 7.76. The molecule has 60 heavy (non-hydrogen) atoms. The van der Waals surface area contributed by atoms with Gasteiger partial charge in [-0.2, -0.15) is 13.2 Å². The molecule has 0 atom stereocenters. The Morgan fingerprint density at radius 3 is 1.78 bits per heavy atom. The number of carbonyl (C=O) groups excluding carboxylic acids is 1. The summed E-state index contributed by atoms with van der Waals surface area (Å²) in [5.41, 5.74) is 3.79. The average molecular weight is 803 g/mol. The molecule has 1 amide bonds. The fraction of sp³-hybridized carbons (Fsp3) is 0.163. The van der Waals surface area contributed by atoms with Crippen LogP contribution in [0.5, 0.6) is 0 Å². The number of aryl methyl sites for hydroxylation is 1. The molecule has 8 aromatic rings. The van der Waals surface area contributed by atoms with Gasteiger partial charge in [0.15, 0.2) is 5.82 Å². The maximum absolute atomic E-state index is 14.2. The van der Waals surface area contributed by atoms with E-state index in [2.05, 4.69) is 51.7 Å². The highest BCUT2D eigenvalue weighted by Gasteiger charge is 2.42. The summed E-state index contributed by atoms with van der Waals surface area (Å²) < 4.78 is 50.2. The van der Waals surface area contributed by atoms with Crippen LogP contribution in [0.25, 0.3) is 33.4 Å². The molecule has 0 aliphatic carbocycles. The number of rotatable bonds is 9. The van der Waals surface area contributed by atoms with Crippen LogP contribution in [0, 0.1) is 6.92 Å². The number of halogens is 3. The highest BCUT2D eigenvalue weighted by Crippen LogP contribution is 2.44. The van der Waals surface area contributed by atoms with Crippen molar-refractivity contribution in [3.05, 3.63) is 197 Å². The Labute approximate surface area is 345 Å². The van der Waals surface area contributed by atoms with E-state index in [1.54, 1.807) is 39.8 Å². The van der Waals surface area contributed by atoms with Crippen molar-refractivity contribution >= 4 is 22.7 Å². The zero-order chi connectivity index (χ0) is 42.1. The average Bonchev–Trinajstić information content (AvgIpc) is 3.73. The number of pyridine rings is 1. The molecule has 300 valence electrons. The van der Waals surface area contributed by atoms with E-state index in [1.165, 1.54) is 11.0 Å². The van der Waals surface area contributed by atoms with Crippen molar-refractivity contribution in [2.24, 2.45) is 0 Å². The molecule has 0 radical (unpaired) electrons. The van der Waals surface area contributed by atoms with Gasteiger partial charge in [0.25, 0.3) is 0 Å². The number of alkyl halides is 3. The lowest BCUT2D eigenvalue weighted by Gasteiger charge is -2.36. The summed E-state index contributed by atoms with van der Waals surface area (Å²) in [4.78, 5) is 19.6. The van der Waals surface area contributed by atoms with Gasteiger partial charge < -0.3 is 4.74 Å². The standard InChI is InChI=1S/C49H41F3N6O2/c1-33-31-43(41-25-16-26-42(44(41)53-33)49(50,51)52)57(46(59)60-47(2,3)4)32-34-27-29-35(30-28-34)39-23-14-15-24-40(39)45-54-55-56-58(45)48(36-17-8-5-9-18-36,37-19-10-6-11-20-37)38-21-12-7-13-22-38/h5-31H,32H2,1-4H3. The van der Waals surface area contributed by atoms with Gasteiger partial charge in [-0.15, -0.1) is 5.10 Å². The molecule has 8 nitrogen and oxygen atoms in total. The molecule has 11 heteroatoms. The topological polar surface area (TPSA) is 86.0 Å². The van der Waals surface area contributed by atoms with Crippen LogP contribution in [0.4, 0.5) is 23.7 Å². The summed E-state index contributed by atoms with van der Waals surface area (Å²) in [6.45, 7) is 6.85. The molecule has 0 aliphatic rings. The molecular formula is C49H41F3N6O2. The maximum atomic E-state index is 14.2. The van der Waals surface area contributed by atoms with Gasteiger partial charge in [0.05, 0.1) is 23.3 Å². The summed E-state index contributed by atoms with van der Waals surface area (Å²) in [6, 6.07) is 51.6. The Morgan fingerprint density at radius 1 is 0.683 bits per heavy atom. The summed E-state index contributed by atoms with van der Waals surface area (Å²) in [6.07, 6.45) is -5.35. The third-order valence-electron chi connectivity index (χ3n) is 10.3. The van der Waals surface area contributed by atoms with Gasteiger partial charge in [-0.1, -0.05) is 152 Å². The third-order valence-corrected chi connectivity index (χ3v) is 10.3. The number of fused-ring (bicyclic) bond motifs is 1. The lowest BCUT2D eigenvalue weighted by Crippen LogP contribution is -2.39. The first-order valence-corrected chi connectivity index (χ1v) is 19.5. The van der Waals surface area contributed by atoms with Crippen LogP contribution in [0.15, 0.2) is 164 Å². The molecule has 0 N–H and O–H groups in total. The number of nitrogens with zero attached hydrogens (tertiary/aromatic N) is 6. The normalized spacial score (nSPS) is 12.1. The van der Waals surface area contributed by atoms with Crippen LogP contribution in [-0.2, 0) is 23.0 Å². The number of ether oxygens (including phenoxy) is 1. The van der Waals surface area contributed by atoms with Crippen molar-refractivity contribution < 1.29 is 22.7 Å². The molecule has 0 fully saturated rings. The largest absolute Gasteiger partial charge is 0.443 e. The highest BCUT2D eigenvalue weighted by atomic mass is 19.4. The first-order chi connectivity index (χ1) is 28.8. The first kappa shape index (κ1) is 39.7. The second-order valence-electron chi connectivity index (χ2n) is 15.5. The SMILES string of the molecule is Cc1cc(N(Cc2ccc(-c3ccccc3-c3nnnn3C(c3ccccc3)(c3ccccc3)c3ccccc3)cc2)C(=O)OC(C)(C)C)c2cccc(C(F)(F)F)c2n1. The van der Waals surface area contributed by atoms with E-state index in [4.69, 9.17) is 9.95 Å². The second-order valence-corrected chi connectivity index (χ2v) is 15.5. The summed E-state index contributed by atoms with van der Waals surface area (Å²) in [5.74, 6) is 0.542. The predicted molar refractivity (Wildman–Crippen MR) is 227 cm³/mol. The second kappa shape index (κ2) is 15.9. The van der Waals surface area contributed by atoms with Crippen molar-refractivity contribution in [1.82, 2.24) is 25.2 Å². The van der Waals surface area contributed by atoms with Crippen molar-refractivity contribution in [1.29, 1.82) is 0 Å². The molecule has 2 heterocycles. The highest BCUT2D eigenvalue weighted by molar-refractivity contribution is 6.01. The quantitative estimate of drug-likeness (QED) is 0.135. The molecule has 0 spiro atoms. The van der Waals surface area contributed by atoms with Gasteiger partial charge in [0.2, 0.25) is 0 Å². The minimum atomic E-state index is -4.64. The predicted octanol–water partition coefficient (Wildman–Crippen LogP) is 11.7. The van der Waals surface area contributed by atoms with E-state index in [1.807, 2.05) is 108 Å². The number of hydrogen-bond acceptors (Lipinski definition) is 6. The van der Waals surface area contributed by atoms with Gasteiger partial charge in [-0.05, 0) is 83.6 Å². The van der Waals surface area contributed by atoms with E-state index < -0.39 is 29.0 Å². The number of tetrazole rings is 1. The van der Waals surface area contributed by atoms with Gasteiger partial charge in [-0.25, -0.2) is 9.48 Å². The fourth-order valence-corrected chi connectivity index (χ4v) is 7.76. The minimum absolute atomic E-state index is 0.0115. The molecule has 6 aromatic carbocycles. The first-order valence-electron chi connectivity index (χ1n) is 19.5. The summed E-state index contributed by atoms with van der Waals surface area (Å²) in [5, 5.41) is 13.9. The van der Waals surface area contributed by atoms with Crippen molar-refractivity contribution in [2.45, 2.75) is 51.6 Å². The molecule has 0 saturated carbocycles. The van der Waals surface area contributed by atoms with Crippen LogP contribution in [-0.4, -0.2) is 36.9 Å². The Bertz CT molecular complexity index is 2670. The van der Waals surface area contributed by atoms with Crippen LogP contribution >= 0.6 is 0 Å². The van der Waals surface area contributed by atoms with Crippen molar-refractivity contribution in [3.8, 4) is 22.5 Å². The van der Waals surface area contributed by atoms with Crippen LogP contribution in [0.3, 0.4) is 0 Å². The van der Waals surface area contributed by atoms with Gasteiger partial charge in [0, 0.05) is 16.6 Å². The summed E-state index contributed by atoms with van der Waals surface area (Å²) >= 11 is 0. The van der Waals surface area contributed by atoms with Crippen LogP contribution in [0.1, 0.15) is 54.3 Å². The van der Waals surface area contributed by atoms with Gasteiger partial charge in [0.1, 0.15) is 11.1 Å². The van der Waals surface area contributed by atoms with E-state index in [0.29, 0.717) is 11.5 Å². The van der Waals surface area contributed by atoms with E-state index in [0.717, 1.165) is 45.0 Å². The van der Waals surface area contributed by atoms with Crippen molar-refractivity contribution in [3.63, 3.8) is 0 Å². The van der Waals surface area contributed by atoms with E-state index in [-0.39, 0.29) is 23.1 Å². The lowest BCUT2D eigenvalue weighted by molar-refractivity contribution is -0.136. The zero-order valence-corrected chi connectivity index (χ0v) is 33.4. The Hall–Kier alpha value is -7.14. The number of aromatic nitrogens is 5. The molecule has 0 unspecified atom stereocenters. The van der Waals surface area contributed by atoms with Gasteiger partial charge in [-0.3, -0.25) is 9.88 Å². The number of hydrogen-bond donors (Lipinski definition) is 0. The molecule has 0 saturated heterocycles. The number of amides is 1. The van der Waals surface area contributed by atoms with Crippen LogP contribution < -0.4 is 4.90 Å². The molecule has 0 aliphatic heterocycles. The van der Waals surface area contributed by atoms with Gasteiger partial charge >= 0.3 is 12.3 Å². The maximum Gasteiger partial charge on any atom is 0.418 e. The Balaban J connectivity index is 1.22. The smallest absolute Gasteiger partial charge is 0.418 e. The van der Waals surface area contributed by atoms with E-state index >= 15 is 0 Å². The monoisotopic (exact) mass is 802 g/mol. The number of anilines is 1. The van der Waals surface area contributed by atoms with Crippen molar-refractivity contribution in [2.75, 3.05) is 4.90 Å². The molecule has 2 aromatic heterocycles. The zero-order valence-electron chi connectivity index (χ0n) is 33.4. The van der Waals surface area contributed by atoms with Crippen LogP contribution in [0.2, 0.25) is 0 Å². The number of carbonyl (C=O) groups is 1. The Morgan fingerprint density at radius 2 is 1.23 bits per heavy atom. The molecule has 0 bridgehead atoms. The number of para-hydroxylation sites is 1. The molecule has 8 rings (SSSR count). The summed E-state index contributed by atoms with van der Waals surface area (Å²) in [7, 11) is 0. The number of benzene rings is 6. The minimum Gasteiger partial charge on any atom is -0.443 e. The Kier molecular flexibility index (Phi) is 10.5.